The normalized spacial score (nSPS) is 11.6. The Kier molecular flexibility index (Phi) is 5.16. The second-order valence-corrected chi connectivity index (χ2v) is 5.82. The standard InChI is InChI=1S/C13H21NO3S/c1-4-8-14(9-5-2)12-10-11(3)6-7-13(12)18(15,16)17/h6-7,10H,4-5,8-9H2,1-3H3,(H,15,16,17). The van der Waals surface area contributed by atoms with Crippen molar-refractivity contribution in [2.24, 2.45) is 0 Å². The van der Waals surface area contributed by atoms with Gasteiger partial charge in [-0.1, -0.05) is 19.9 Å². The molecule has 0 aliphatic carbocycles. The molecule has 0 saturated heterocycles. The highest BCUT2D eigenvalue weighted by Gasteiger charge is 2.19. The Morgan fingerprint density at radius 1 is 1.17 bits per heavy atom. The second kappa shape index (κ2) is 6.20. The maximum Gasteiger partial charge on any atom is 0.296 e. The average Bonchev–Trinajstić information content (AvgIpc) is 2.27. The van der Waals surface area contributed by atoms with E-state index in [2.05, 4.69) is 0 Å². The van der Waals surface area contributed by atoms with Gasteiger partial charge < -0.3 is 4.90 Å². The summed E-state index contributed by atoms with van der Waals surface area (Å²) in [6, 6.07) is 4.98. The molecule has 0 aliphatic heterocycles. The van der Waals surface area contributed by atoms with Gasteiger partial charge in [0.05, 0.1) is 5.69 Å². The third-order valence-corrected chi connectivity index (χ3v) is 3.62. The van der Waals surface area contributed by atoms with E-state index in [-0.39, 0.29) is 4.90 Å². The lowest BCUT2D eigenvalue weighted by atomic mass is 10.2. The van der Waals surface area contributed by atoms with E-state index >= 15 is 0 Å². The monoisotopic (exact) mass is 271 g/mol. The molecule has 5 heteroatoms. The van der Waals surface area contributed by atoms with Gasteiger partial charge in [-0.25, -0.2) is 0 Å². The maximum absolute atomic E-state index is 11.4. The Morgan fingerprint density at radius 3 is 2.17 bits per heavy atom. The molecule has 1 aromatic carbocycles. The minimum absolute atomic E-state index is 0.00463. The van der Waals surface area contributed by atoms with Crippen LogP contribution in [-0.4, -0.2) is 26.1 Å². The van der Waals surface area contributed by atoms with Gasteiger partial charge in [0.25, 0.3) is 10.1 Å². The van der Waals surface area contributed by atoms with Crippen molar-refractivity contribution in [3.05, 3.63) is 23.8 Å². The largest absolute Gasteiger partial charge is 0.370 e. The first-order chi connectivity index (χ1) is 8.40. The van der Waals surface area contributed by atoms with Gasteiger partial charge in [0, 0.05) is 13.1 Å². The van der Waals surface area contributed by atoms with Crippen LogP contribution in [0.4, 0.5) is 5.69 Å². The molecule has 0 unspecified atom stereocenters. The zero-order valence-electron chi connectivity index (χ0n) is 11.2. The maximum atomic E-state index is 11.4. The predicted molar refractivity (Wildman–Crippen MR) is 73.8 cm³/mol. The van der Waals surface area contributed by atoms with Gasteiger partial charge in [0.15, 0.2) is 0 Å². The van der Waals surface area contributed by atoms with E-state index in [0.717, 1.165) is 31.5 Å². The van der Waals surface area contributed by atoms with Crippen LogP contribution in [0.25, 0.3) is 0 Å². The van der Waals surface area contributed by atoms with Gasteiger partial charge in [-0.2, -0.15) is 8.42 Å². The molecule has 1 N–H and O–H groups in total. The summed E-state index contributed by atoms with van der Waals surface area (Å²) in [5.41, 5.74) is 1.58. The summed E-state index contributed by atoms with van der Waals surface area (Å²) in [7, 11) is -4.17. The summed E-state index contributed by atoms with van der Waals surface area (Å²) < 4.78 is 32.1. The highest BCUT2D eigenvalue weighted by atomic mass is 32.2. The van der Waals surface area contributed by atoms with E-state index in [4.69, 9.17) is 0 Å². The molecule has 4 nitrogen and oxygen atoms in total. The van der Waals surface area contributed by atoms with E-state index in [9.17, 15) is 13.0 Å². The van der Waals surface area contributed by atoms with Crippen molar-refractivity contribution in [2.75, 3.05) is 18.0 Å². The minimum atomic E-state index is -4.17. The Morgan fingerprint density at radius 2 is 1.72 bits per heavy atom. The SMILES string of the molecule is CCCN(CCC)c1cc(C)ccc1S(=O)(=O)O. The Hall–Kier alpha value is -1.07. The minimum Gasteiger partial charge on any atom is -0.370 e. The lowest BCUT2D eigenvalue weighted by Crippen LogP contribution is -2.26. The Balaban J connectivity index is 3.30. The van der Waals surface area contributed by atoms with Crippen LogP contribution in [0.5, 0.6) is 0 Å². The molecule has 0 bridgehead atoms. The van der Waals surface area contributed by atoms with Gasteiger partial charge in [-0.3, -0.25) is 4.55 Å². The number of nitrogens with zero attached hydrogens (tertiary/aromatic N) is 1. The first-order valence-electron chi connectivity index (χ1n) is 6.23. The van der Waals surface area contributed by atoms with E-state index in [1.165, 1.54) is 6.07 Å². The van der Waals surface area contributed by atoms with Crippen molar-refractivity contribution in [1.29, 1.82) is 0 Å². The fourth-order valence-electron chi connectivity index (χ4n) is 1.99. The van der Waals surface area contributed by atoms with E-state index in [1.807, 2.05) is 31.7 Å². The molecule has 0 amide bonds. The first kappa shape index (κ1) is 15.0. The van der Waals surface area contributed by atoms with Crippen LogP contribution in [0.15, 0.2) is 23.1 Å². The van der Waals surface area contributed by atoms with E-state index in [1.54, 1.807) is 6.07 Å². The van der Waals surface area contributed by atoms with E-state index < -0.39 is 10.1 Å². The van der Waals surface area contributed by atoms with Crippen LogP contribution >= 0.6 is 0 Å². The van der Waals surface area contributed by atoms with Crippen LogP contribution in [0, 0.1) is 6.92 Å². The molecule has 1 aromatic rings. The van der Waals surface area contributed by atoms with Crippen LogP contribution < -0.4 is 4.90 Å². The highest BCUT2D eigenvalue weighted by molar-refractivity contribution is 7.86. The lowest BCUT2D eigenvalue weighted by molar-refractivity contribution is 0.483. The summed E-state index contributed by atoms with van der Waals surface area (Å²) in [4.78, 5) is 2.01. The number of hydrogen-bond acceptors (Lipinski definition) is 3. The molecule has 0 saturated carbocycles. The zero-order valence-corrected chi connectivity index (χ0v) is 12.0. The summed E-state index contributed by atoms with van der Waals surface area (Å²) in [6.07, 6.45) is 1.86. The fraction of sp³-hybridized carbons (Fsp3) is 0.538. The molecule has 0 radical (unpaired) electrons. The Bertz CT molecular complexity index is 491. The molecule has 1 rings (SSSR count). The molecule has 0 heterocycles. The molecule has 0 atom stereocenters. The lowest BCUT2D eigenvalue weighted by Gasteiger charge is -2.25. The van der Waals surface area contributed by atoms with E-state index in [0.29, 0.717) is 5.69 Å². The molecule has 0 aliphatic rings. The highest BCUT2D eigenvalue weighted by Crippen LogP contribution is 2.26. The van der Waals surface area contributed by atoms with Gasteiger partial charge in [0.1, 0.15) is 4.90 Å². The van der Waals surface area contributed by atoms with Crippen molar-refractivity contribution in [2.45, 2.75) is 38.5 Å². The summed E-state index contributed by atoms with van der Waals surface area (Å²) >= 11 is 0. The average molecular weight is 271 g/mol. The van der Waals surface area contributed by atoms with Crippen LogP contribution in [-0.2, 0) is 10.1 Å². The third-order valence-electron chi connectivity index (χ3n) is 2.72. The topological polar surface area (TPSA) is 57.6 Å². The molecular formula is C13H21NO3S. The quantitative estimate of drug-likeness (QED) is 0.808. The summed E-state index contributed by atoms with van der Waals surface area (Å²) in [5, 5.41) is 0. The van der Waals surface area contributed by atoms with Crippen molar-refractivity contribution in [1.82, 2.24) is 0 Å². The van der Waals surface area contributed by atoms with Gasteiger partial charge in [-0.15, -0.1) is 0 Å². The summed E-state index contributed by atoms with van der Waals surface area (Å²) in [6.45, 7) is 7.56. The number of benzene rings is 1. The van der Waals surface area contributed by atoms with Gasteiger partial charge in [-0.05, 0) is 37.5 Å². The van der Waals surface area contributed by atoms with Gasteiger partial charge >= 0.3 is 0 Å². The third kappa shape index (κ3) is 3.71. The summed E-state index contributed by atoms with van der Waals surface area (Å²) in [5.74, 6) is 0. The first-order valence-corrected chi connectivity index (χ1v) is 7.67. The number of aryl methyl sites for hydroxylation is 1. The molecular weight excluding hydrogens is 250 g/mol. The molecule has 102 valence electrons. The van der Waals surface area contributed by atoms with Crippen molar-refractivity contribution in [3.63, 3.8) is 0 Å². The number of rotatable bonds is 6. The molecule has 0 aromatic heterocycles. The van der Waals surface area contributed by atoms with Crippen molar-refractivity contribution >= 4 is 15.8 Å². The number of anilines is 1. The Labute approximate surface area is 109 Å². The van der Waals surface area contributed by atoms with Crippen molar-refractivity contribution in [3.8, 4) is 0 Å². The number of hydrogen-bond donors (Lipinski definition) is 1. The smallest absolute Gasteiger partial charge is 0.296 e. The second-order valence-electron chi connectivity index (χ2n) is 4.43. The van der Waals surface area contributed by atoms with Crippen molar-refractivity contribution < 1.29 is 13.0 Å². The van der Waals surface area contributed by atoms with Crippen LogP contribution in [0.1, 0.15) is 32.3 Å². The fourth-order valence-corrected chi connectivity index (χ4v) is 2.68. The molecule has 0 fully saturated rings. The van der Waals surface area contributed by atoms with Gasteiger partial charge in [0.2, 0.25) is 0 Å². The van der Waals surface area contributed by atoms with Crippen LogP contribution in [0.3, 0.4) is 0 Å². The molecule has 18 heavy (non-hydrogen) atoms. The zero-order chi connectivity index (χ0) is 13.8. The molecule has 0 spiro atoms. The van der Waals surface area contributed by atoms with Crippen LogP contribution in [0.2, 0.25) is 0 Å². The predicted octanol–water partition coefficient (Wildman–Crippen LogP) is 2.87.